The number of H-pyrrole nitrogens is 1. The van der Waals surface area contributed by atoms with E-state index in [1.54, 1.807) is 12.1 Å². The van der Waals surface area contributed by atoms with Crippen LogP contribution < -0.4 is 31.5 Å². The molecule has 1 aromatic heterocycles. The zero-order valence-electron chi connectivity index (χ0n) is 18.0. The van der Waals surface area contributed by atoms with Gasteiger partial charge in [0, 0.05) is 12.2 Å². The normalized spacial score (nSPS) is 10.7. The first kappa shape index (κ1) is 23.5. The summed E-state index contributed by atoms with van der Waals surface area (Å²) in [5, 5.41) is 17.5. The zero-order valence-corrected chi connectivity index (χ0v) is 18.8. The maximum atomic E-state index is 12.3. The molecule has 3 aromatic rings. The van der Waals surface area contributed by atoms with Crippen LogP contribution in [0.3, 0.4) is 0 Å². The van der Waals surface area contributed by atoms with Crippen molar-refractivity contribution in [1.82, 2.24) is 15.0 Å². The summed E-state index contributed by atoms with van der Waals surface area (Å²) >= 11 is 5.14. The summed E-state index contributed by atoms with van der Waals surface area (Å²) in [5.41, 5.74) is 2.48. The van der Waals surface area contributed by atoms with Crippen molar-refractivity contribution in [3.8, 4) is 17.4 Å². The Labute approximate surface area is 194 Å². The number of aryl methyl sites for hydroxylation is 1. The number of hydrazone groups is 1. The molecule has 0 amide bonds. The third-order valence-electron chi connectivity index (χ3n) is 4.67. The third kappa shape index (κ3) is 5.98. The Morgan fingerprint density at radius 2 is 1.88 bits per heavy atom. The van der Waals surface area contributed by atoms with Gasteiger partial charge in [-0.05, 0) is 48.5 Å². The molecule has 0 aliphatic rings. The Morgan fingerprint density at radius 1 is 1.15 bits per heavy atom. The van der Waals surface area contributed by atoms with Crippen molar-refractivity contribution in [2.75, 3.05) is 19.5 Å². The van der Waals surface area contributed by atoms with E-state index in [0.29, 0.717) is 17.9 Å². The van der Waals surface area contributed by atoms with Crippen LogP contribution in [0.2, 0.25) is 0 Å². The molecule has 0 unspecified atom stereocenters. The summed E-state index contributed by atoms with van der Waals surface area (Å²) in [6, 6.07) is 14.6. The lowest BCUT2D eigenvalue weighted by Gasteiger charge is -2.12. The van der Waals surface area contributed by atoms with E-state index >= 15 is 0 Å². The predicted molar refractivity (Wildman–Crippen MR) is 130 cm³/mol. The van der Waals surface area contributed by atoms with E-state index in [-0.39, 0.29) is 17.2 Å². The number of benzene rings is 2. The van der Waals surface area contributed by atoms with Gasteiger partial charge in [-0.1, -0.05) is 24.3 Å². The lowest BCUT2D eigenvalue weighted by atomic mass is 10.1. The first-order chi connectivity index (χ1) is 15.9. The quantitative estimate of drug-likeness (QED) is 0.223. The Kier molecular flexibility index (Phi) is 7.82. The first-order valence-corrected chi connectivity index (χ1v) is 10.3. The number of aromatic nitrogens is 2. The average molecular weight is 470 g/mol. The van der Waals surface area contributed by atoms with E-state index in [1.165, 1.54) is 14.2 Å². The van der Waals surface area contributed by atoms with Crippen molar-refractivity contribution < 1.29 is 14.6 Å². The maximum Gasteiger partial charge on any atom is 0.331 e. The zero-order chi connectivity index (χ0) is 23.8. The minimum atomic E-state index is -0.771. The molecular formula is C22H23N5O5S. The number of methoxy groups -OCH3 is 2. The second kappa shape index (κ2) is 11.0. The molecule has 2 aromatic carbocycles. The second-order valence-electron chi connectivity index (χ2n) is 6.78. The third-order valence-corrected chi connectivity index (χ3v) is 4.86. The molecule has 0 aliphatic carbocycles. The van der Waals surface area contributed by atoms with Gasteiger partial charge in [-0.2, -0.15) is 5.10 Å². The van der Waals surface area contributed by atoms with Gasteiger partial charge in [0.05, 0.1) is 20.4 Å². The minimum absolute atomic E-state index is 0.110. The number of aromatic amines is 1. The standard InChI is InChI=1S/C22H23N5O5S/c1-31-17-9-8-14(12-18(17)32-2)10-11-27-20(29)16(19(28)25-22(27)30)13-23-26-21(33)24-15-6-4-3-5-7-15/h3-9,12-13,29H,10-11H2,1-2H3,(H2,24,26,33)(H,25,28,30)/b23-13+. The van der Waals surface area contributed by atoms with Gasteiger partial charge < -0.3 is 19.9 Å². The van der Waals surface area contributed by atoms with E-state index in [4.69, 9.17) is 21.7 Å². The number of aromatic hydroxyl groups is 1. The van der Waals surface area contributed by atoms with E-state index < -0.39 is 17.1 Å². The summed E-state index contributed by atoms with van der Waals surface area (Å²) < 4.78 is 11.6. The number of hydrogen-bond acceptors (Lipinski definition) is 7. The Hall–Kier alpha value is -4.12. The van der Waals surface area contributed by atoms with Gasteiger partial charge in [-0.15, -0.1) is 0 Å². The SMILES string of the molecule is COc1ccc(CCn2c(O)c(/C=N/NC(=S)Nc3ccccc3)c(=O)[nH]c2=O)cc1OC. The van der Waals surface area contributed by atoms with Gasteiger partial charge in [0.15, 0.2) is 16.6 Å². The molecular weight excluding hydrogens is 446 g/mol. The molecule has 0 radical (unpaired) electrons. The Bertz CT molecular complexity index is 1270. The molecule has 0 atom stereocenters. The van der Waals surface area contributed by atoms with Crippen molar-refractivity contribution in [1.29, 1.82) is 0 Å². The first-order valence-electron chi connectivity index (χ1n) is 9.85. The molecule has 11 heteroatoms. The molecule has 0 saturated heterocycles. The fourth-order valence-corrected chi connectivity index (χ4v) is 3.18. The predicted octanol–water partition coefficient (Wildman–Crippen LogP) is 1.82. The molecule has 10 nitrogen and oxygen atoms in total. The highest BCUT2D eigenvalue weighted by Gasteiger charge is 2.13. The van der Waals surface area contributed by atoms with Gasteiger partial charge in [-0.25, -0.2) is 4.79 Å². The summed E-state index contributed by atoms with van der Waals surface area (Å²) in [7, 11) is 3.07. The molecule has 4 N–H and O–H groups in total. The fourth-order valence-electron chi connectivity index (χ4n) is 3.01. The summed E-state index contributed by atoms with van der Waals surface area (Å²) in [4.78, 5) is 26.6. The number of para-hydroxylation sites is 1. The summed E-state index contributed by atoms with van der Waals surface area (Å²) in [6.45, 7) is 0.110. The van der Waals surface area contributed by atoms with Gasteiger partial charge in [0.25, 0.3) is 5.56 Å². The monoisotopic (exact) mass is 469 g/mol. The molecule has 172 valence electrons. The largest absolute Gasteiger partial charge is 0.494 e. The van der Waals surface area contributed by atoms with Crippen LogP contribution in [0.15, 0.2) is 63.2 Å². The highest BCUT2D eigenvalue weighted by Crippen LogP contribution is 2.27. The number of nitrogens with zero attached hydrogens (tertiary/aromatic N) is 2. The average Bonchev–Trinajstić information content (AvgIpc) is 2.81. The Morgan fingerprint density at radius 3 is 2.58 bits per heavy atom. The van der Waals surface area contributed by atoms with Crippen LogP contribution >= 0.6 is 12.2 Å². The molecule has 0 fully saturated rings. The van der Waals surface area contributed by atoms with Crippen LogP contribution in [0, 0.1) is 0 Å². The molecule has 0 spiro atoms. The van der Waals surface area contributed by atoms with Crippen LogP contribution in [0.4, 0.5) is 5.69 Å². The van der Waals surface area contributed by atoms with Crippen LogP contribution in [0.25, 0.3) is 0 Å². The van der Waals surface area contributed by atoms with Crippen molar-refractivity contribution >= 4 is 29.2 Å². The number of nitrogens with one attached hydrogen (secondary N) is 3. The number of rotatable bonds is 8. The molecule has 0 saturated carbocycles. The van der Waals surface area contributed by atoms with Crippen LogP contribution in [-0.2, 0) is 13.0 Å². The maximum absolute atomic E-state index is 12.3. The van der Waals surface area contributed by atoms with Crippen molar-refractivity contribution in [3.05, 3.63) is 80.5 Å². The van der Waals surface area contributed by atoms with Crippen molar-refractivity contribution in [3.63, 3.8) is 0 Å². The lowest BCUT2D eigenvalue weighted by Crippen LogP contribution is -2.33. The van der Waals surface area contributed by atoms with E-state index in [2.05, 4.69) is 20.8 Å². The van der Waals surface area contributed by atoms with Crippen LogP contribution in [0.1, 0.15) is 11.1 Å². The molecule has 33 heavy (non-hydrogen) atoms. The molecule has 1 heterocycles. The van der Waals surface area contributed by atoms with E-state index in [9.17, 15) is 14.7 Å². The van der Waals surface area contributed by atoms with Crippen LogP contribution in [-0.4, -0.2) is 40.2 Å². The van der Waals surface area contributed by atoms with Gasteiger partial charge in [-0.3, -0.25) is 19.8 Å². The molecule has 3 rings (SSSR count). The van der Waals surface area contributed by atoms with Crippen molar-refractivity contribution in [2.24, 2.45) is 5.10 Å². The molecule has 0 bridgehead atoms. The molecule has 0 aliphatic heterocycles. The topological polar surface area (TPSA) is 130 Å². The summed E-state index contributed by atoms with van der Waals surface area (Å²) in [6.07, 6.45) is 1.49. The highest BCUT2D eigenvalue weighted by molar-refractivity contribution is 7.80. The second-order valence-corrected chi connectivity index (χ2v) is 7.19. The summed E-state index contributed by atoms with van der Waals surface area (Å²) in [5.74, 6) is 0.625. The Balaban J connectivity index is 1.73. The number of ether oxygens (including phenoxy) is 2. The number of hydrogen-bond donors (Lipinski definition) is 4. The van der Waals surface area contributed by atoms with Gasteiger partial charge >= 0.3 is 5.69 Å². The fraction of sp³-hybridized carbons (Fsp3) is 0.182. The van der Waals surface area contributed by atoms with Gasteiger partial charge in [0.1, 0.15) is 5.56 Å². The smallest absolute Gasteiger partial charge is 0.331 e. The van der Waals surface area contributed by atoms with E-state index in [1.807, 2.05) is 36.4 Å². The van der Waals surface area contributed by atoms with Crippen LogP contribution in [0.5, 0.6) is 17.4 Å². The van der Waals surface area contributed by atoms with E-state index in [0.717, 1.165) is 22.0 Å². The minimum Gasteiger partial charge on any atom is -0.494 e. The van der Waals surface area contributed by atoms with Gasteiger partial charge in [0.2, 0.25) is 5.88 Å². The highest BCUT2D eigenvalue weighted by atomic mass is 32.1. The van der Waals surface area contributed by atoms with Crippen molar-refractivity contribution in [2.45, 2.75) is 13.0 Å². The lowest BCUT2D eigenvalue weighted by molar-refractivity contribution is 0.354. The number of thiocarbonyl (C=S) groups is 1. The number of anilines is 1.